The first kappa shape index (κ1) is 16.5. The lowest BCUT2D eigenvalue weighted by molar-refractivity contribution is -0.105. The monoisotopic (exact) mass is 165 g/mol. The van der Waals surface area contributed by atoms with Crippen molar-refractivity contribution in [3.05, 3.63) is 0 Å². The molecular weight excluding hydrogens is 146 g/mol. The Morgan fingerprint density at radius 2 is 1.70 bits per heavy atom. The highest BCUT2D eigenvalue weighted by Crippen LogP contribution is 1.55. The van der Waals surface area contributed by atoms with Gasteiger partial charge in [-0.15, -0.1) is 0 Å². The molecule has 0 radical (unpaired) electrons. The summed E-state index contributed by atoms with van der Waals surface area (Å²) < 4.78 is 0. The topological polar surface area (TPSA) is 29.1 Å². The van der Waals surface area contributed by atoms with Gasteiger partial charge in [0.15, 0.2) is 0 Å². The largest absolute Gasteiger partial charge is 0.320 e. The van der Waals surface area contributed by atoms with Gasteiger partial charge in [-0.1, -0.05) is 20.8 Å². The highest BCUT2D eigenvalue weighted by molar-refractivity contribution is 7.80. The fraction of sp³-hybridized carbons (Fsp3) is 0.857. The highest BCUT2D eigenvalue weighted by Gasteiger charge is 1.53. The molecule has 2 nitrogen and oxygen atoms in total. The van der Waals surface area contributed by atoms with Crippen LogP contribution in [0.15, 0.2) is 0 Å². The number of thiol groups is 1. The zero-order valence-corrected chi connectivity index (χ0v) is 8.24. The van der Waals surface area contributed by atoms with Gasteiger partial charge in [-0.2, -0.15) is 12.6 Å². The summed E-state index contributed by atoms with van der Waals surface area (Å²) in [6, 6.07) is 0. The molecule has 0 saturated carbocycles. The molecule has 0 aliphatic heterocycles. The maximum Gasteiger partial charge on any atom is 0.129 e. The summed E-state index contributed by atoms with van der Waals surface area (Å²) in [4.78, 5) is 9.10. The molecule has 0 aromatic carbocycles. The molecule has 0 aliphatic rings. The summed E-state index contributed by atoms with van der Waals surface area (Å²) in [7, 11) is 1.93. The molecule has 3 heteroatoms. The van der Waals surface area contributed by atoms with Gasteiger partial charge >= 0.3 is 0 Å². The van der Waals surface area contributed by atoms with E-state index in [-0.39, 0.29) is 0 Å². The molecule has 64 valence electrons. The first-order chi connectivity index (χ1) is 4.83. The molecule has 0 fully saturated rings. The first-order valence-electron chi connectivity index (χ1n) is 3.52. The van der Waals surface area contributed by atoms with E-state index >= 15 is 0 Å². The van der Waals surface area contributed by atoms with E-state index in [2.05, 4.69) is 24.9 Å². The van der Waals surface area contributed by atoms with Crippen molar-refractivity contribution >= 4 is 18.9 Å². The summed E-state index contributed by atoms with van der Waals surface area (Å²) in [5.74, 6) is 0.333. The van der Waals surface area contributed by atoms with E-state index in [1.165, 1.54) is 0 Å². The summed E-state index contributed by atoms with van der Waals surface area (Å²) in [6.45, 7) is 7.14. The minimum atomic E-state index is 0.333. The number of carbonyl (C=O) groups excluding carboxylic acids is 1. The molecule has 1 N–H and O–H groups in total. The van der Waals surface area contributed by atoms with Crippen LogP contribution < -0.4 is 5.32 Å². The zero-order valence-electron chi connectivity index (χ0n) is 7.35. The normalized spacial score (nSPS) is 6.10. The molecule has 0 saturated heterocycles. The van der Waals surface area contributed by atoms with Crippen molar-refractivity contribution in [1.29, 1.82) is 0 Å². The third-order valence-electron chi connectivity index (χ3n) is 0.428. The quantitative estimate of drug-likeness (QED) is 0.478. The van der Waals surface area contributed by atoms with Crippen molar-refractivity contribution in [2.45, 2.75) is 20.8 Å². The second kappa shape index (κ2) is 36.1. The SMILES string of the molecule is CC.CCNC.O=CCS. The van der Waals surface area contributed by atoms with E-state index in [1.807, 2.05) is 20.9 Å². The number of carbonyl (C=O) groups is 1. The van der Waals surface area contributed by atoms with Gasteiger partial charge in [-0.05, 0) is 13.6 Å². The Bertz CT molecular complexity index is 40.6. The molecule has 0 rings (SSSR count). The van der Waals surface area contributed by atoms with E-state index in [0.29, 0.717) is 5.75 Å². The Morgan fingerprint density at radius 1 is 1.50 bits per heavy atom. The van der Waals surface area contributed by atoms with Gasteiger partial charge in [0.1, 0.15) is 6.29 Å². The van der Waals surface area contributed by atoms with Crippen LogP contribution in [0.25, 0.3) is 0 Å². The van der Waals surface area contributed by atoms with E-state index in [9.17, 15) is 0 Å². The second-order valence-electron chi connectivity index (χ2n) is 1.06. The fourth-order valence-electron chi connectivity index (χ4n) is 0. The molecule has 0 spiro atoms. The van der Waals surface area contributed by atoms with Crippen molar-refractivity contribution in [3.63, 3.8) is 0 Å². The van der Waals surface area contributed by atoms with Crippen LogP contribution in [0.1, 0.15) is 20.8 Å². The van der Waals surface area contributed by atoms with Gasteiger partial charge in [-0.3, -0.25) is 0 Å². The van der Waals surface area contributed by atoms with Gasteiger partial charge in [0.05, 0.1) is 0 Å². The lowest BCUT2D eigenvalue weighted by Gasteiger charge is -1.76. The maximum atomic E-state index is 9.10. The second-order valence-corrected chi connectivity index (χ2v) is 1.42. The predicted octanol–water partition coefficient (Wildman–Crippen LogP) is 1.37. The highest BCUT2D eigenvalue weighted by atomic mass is 32.1. The molecule has 0 aromatic heterocycles. The van der Waals surface area contributed by atoms with E-state index < -0.39 is 0 Å². The third kappa shape index (κ3) is 99.2. The van der Waals surface area contributed by atoms with Crippen LogP contribution >= 0.6 is 12.6 Å². The first-order valence-corrected chi connectivity index (χ1v) is 4.15. The van der Waals surface area contributed by atoms with E-state index in [1.54, 1.807) is 0 Å². The summed E-state index contributed by atoms with van der Waals surface area (Å²) in [5.41, 5.74) is 0. The fourth-order valence-corrected chi connectivity index (χ4v) is 0. The Morgan fingerprint density at radius 3 is 1.70 bits per heavy atom. The predicted molar refractivity (Wildman–Crippen MR) is 50.9 cm³/mol. The number of hydrogen-bond donors (Lipinski definition) is 2. The minimum Gasteiger partial charge on any atom is -0.320 e. The van der Waals surface area contributed by atoms with Crippen LogP contribution in [0.3, 0.4) is 0 Å². The van der Waals surface area contributed by atoms with Crippen molar-refractivity contribution in [2.75, 3.05) is 19.3 Å². The molecular formula is C7H19NOS. The van der Waals surface area contributed by atoms with Crippen LogP contribution in [0.5, 0.6) is 0 Å². The molecule has 0 unspecified atom stereocenters. The number of aldehydes is 1. The molecule has 0 amide bonds. The van der Waals surface area contributed by atoms with Gasteiger partial charge in [-0.25, -0.2) is 0 Å². The van der Waals surface area contributed by atoms with Gasteiger partial charge in [0, 0.05) is 5.75 Å². The number of hydrogen-bond acceptors (Lipinski definition) is 3. The van der Waals surface area contributed by atoms with Crippen molar-refractivity contribution in [3.8, 4) is 0 Å². The van der Waals surface area contributed by atoms with Crippen LogP contribution in [-0.4, -0.2) is 25.6 Å². The third-order valence-corrected chi connectivity index (χ3v) is 0.577. The van der Waals surface area contributed by atoms with Crippen molar-refractivity contribution in [2.24, 2.45) is 0 Å². The molecule has 10 heavy (non-hydrogen) atoms. The van der Waals surface area contributed by atoms with E-state index in [0.717, 1.165) is 12.8 Å². The van der Waals surface area contributed by atoms with E-state index in [4.69, 9.17) is 4.79 Å². The Labute approximate surface area is 69.8 Å². The standard InChI is InChI=1S/C3H9N.C2H4OS.C2H6/c1-3-4-2;3-1-2-4;1-2/h4H,3H2,1-2H3;1,4H,2H2;1-2H3. The molecule has 0 aromatic rings. The lowest BCUT2D eigenvalue weighted by atomic mass is 10.8. The van der Waals surface area contributed by atoms with Gasteiger partial charge in [0.2, 0.25) is 0 Å². The minimum absolute atomic E-state index is 0.333. The van der Waals surface area contributed by atoms with Crippen LogP contribution in [0.4, 0.5) is 0 Å². The average Bonchev–Trinajstić information content (AvgIpc) is 2.08. The number of rotatable bonds is 2. The summed E-state index contributed by atoms with van der Waals surface area (Å²) >= 11 is 3.55. The van der Waals surface area contributed by atoms with Crippen LogP contribution in [0, 0.1) is 0 Å². The Balaban J connectivity index is -0.0000000787. The summed E-state index contributed by atoms with van der Waals surface area (Å²) in [6.07, 6.45) is 0.739. The molecule has 0 heterocycles. The molecule has 0 bridgehead atoms. The number of nitrogens with one attached hydrogen (secondary N) is 1. The van der Waals surface area contributed by atoms with Crippen molar-refractivity contribution in [1.82, 2.24) is 5.32 Å². The summed E-state index contributed by atoms with van der Waals surface area (Å²) in [5, 5.41) is 2.93. The zero-order chi connectivity index (χ0) is 8.83. The smallest absolute Gasteiger partial charge is 0.129 e. The lowest BCUT2D eigenvalue weighted by Crippen LogP contribution is -2.01. The Hall–Kier alpha value is -0.0200. The van der Waals surface area contributed by atoms with Gasteiger partial charge < -0.3 is 10.1 Å². The average molecular weight is 165 g/mol. The maximum absolute atomic E-state index is 9.10. The Kier molecular flexibility index (Phi) is 59.6. The van der Waals surface area contributed by atoms with Crippen LogP contribution in [0.2, 0.25) is 0 Å². The van der Waals surface area contributed by atoms with Gasteiger partial charge in [0.25, 0.3) is 0 Å². The van der Waals surface area contributed by atoms with Crippen molar-refractivity contribution < 1.29 is 4.79 Å². The van der Waals surface area contributed by atoms with Crippen LogP contribution in [-0.2, 0) is 4.79 Å². The molecule has 0 atom stereocenters. The molecule has 0 aliphatic carbocycles.